The molecule has 0 aromatic rings. The first-order valence-electron chi connectivity index (χ1n) is 6.60. The number of esters is 1. The Labute approximate surface area is 103 Å². The van der Waals surface area contributed by atoms with E-state index in [9.17, 15) is 4.79 Å². The van der Waals surface area contributed by atoms with Crippen LogP contribution in [0.1, 0.15) is 33.1 Å². The summed E-state index contributed by atoms with van der Waals surface area (Å²) in [5, 5.41) is 0. The zero-order valence-electron chi connectivity index (χ0n) is 10.6. The summed E-state index contributed by atoms with van der Waals surface area (Å²) in [6, 6.07) is 0. The van der Waals surface area contributed by atoms with Crippen molar-refractivity contribution in [2.75, 3.05) is 0 Å². The smallest absolute Gasteiger partial charge is 0.330 e. The molecule has 0 amide bonds. The Bertz CT molecular complexity index is 409. The fourth-order valence-electron chi connectivity index (χ4n) is 4.05. The maximum Gasteiger partial charge on any atom is 0.330 e. The lowest BCUT2D eigenvalue weighted by atomic mass is 9.68. The molecule has 5 unspecified atom stereocenters. The molecule has 3 rings (SSSR count). The molecule has 2 heteroatoms. The summed E-state index contributed by atoms with van der Waals surface area (Å²) in [4.78, 5) is 11.5. The normalized spacial score (nSPS) is 46.6. The van der Waals surface area contributed by atoms with Crippen molar-refractivity contribution >= 4 is 5.97 Å². The van der Waals surface area contributed by atoms with Gasteiger partial charge in [0, 0.05) is 12.0 Å². The van der Waals surface area contributed by atoms with Crippen LogP contribution in [0.25, 0.3) is 0 Å². The second-order valence-corrected chi connectivity index (χ2v) is 6.08. The van der Waals surface area contributed by atoms with E-state index in [-0.39, 0.29) is 11.6 Å². The fraction of sp³-hybridized carbons (Fsp3) is 0.667. The van der Waals surface area contributed by atoms with Crippen molar-refractivity contribution in [1.29, 1.82) is 0 Å². The molecule has 0 N–H and O–H groups in total. The minimum atomic E-state index is -0.333. The van der Waals surface area contributed by atoms with Crippen LogP contribution in [-0.4, -0.2) is 11.6 Å². The van der Waals surface area contributed by atoms with E-state index in [0.717, 1.165) is 11.8 Å². The predicted octanol–water partition coefficient (Wildman–Crippen LogP) is 3.10. The van der Waals surface area contributed by atoms with E-state index >= 15 is 0 Å². The van der Waals surface area contributed by atoms with Crippen LogP contribution in [0.2, 0.25) is 0 Å². The quantitative estimate of drug-likeness (QED) is 0.415. The van der Waals surface area contributed by atoms with Crippen LogP contribution >= 0.6 is 0 Å². The van der Waals surface area contributed by atoms with Crippen LogP contribution in [0.4, 0.5) is 0 Å². The SMILES string of the molecule is C=CC(=O)OC1(C)C(C)C=C2CC3CC1CC23. The van der Waals surface area contributed by atoms with Crippen molar-refractivity contribution in [3.8, 4) is 0 Å². The van der Waals surface area contributed by atoms with E-state index in [1.165, 1.54) is 25.3 Å². The second-order valence-electron chi connectivity index (χ2n) is 6.08. The molecule has 92 valence electrons. The molecule has 0 saturated heterocycles. The van der Waals surface area contributed by atoms with Gasteiger partial charge in [-0.05, 0) is 43.9 Å². The Morgan fingerprint density at radius 1 is 1.59 bits per heavy atom. The Balaban J connectivity index is 1.92. The third-order valence-electron chi connectivity index (χ3n) is 5.33. The van der Waals surface area contributed by atoms with Gasteiger partial charge < -0.3 is 4.74 Å². The van der Waals surface area contributed by atoms with E-state index in [2.05, 4.69) is 26.5 Å². The van der Waals surface area contributed by atoms with Crippen LogP contribution in [0.5, 0.6) is 0 Å². The van der Waals surface area contributed by atoms with Crippen molar-refractivity contribution < 1.29 is 9.53 Å². The van der Waals surface area contributed by atoms with Gasteiger partial charge in [-0.2, -0.15) is 0 Å². The molecular formula is C15H20O2. The first-order chi connectivity index (χ1) is 8.04. The number of hydrogen-bond acceptors (Lipinski definition) is 2. The fourth-order valence-corrected chi connectivity index (χ4v) is 4.05. The molecule has 3 aliphatic carbocycles. The molecule has 0 aromatic heterocycles. The van der Waals surface area contributed by atoms with E-state index in [1.807, 2.05) is 0 Å². The largest absolute Gasteiger partial charge is 0.455 e. The Morgan fingerprint density at radius 3 is 3.06 bits per heavy atom. The Morgan fingerprint density at radius 2 is 2.35 bits per heavy atom. The molecule has 2 bridgehead atoms. The zero-order valence-corrected chi connectivity index (χ0v) is 10.6. The van der Waals surface area contributed by atoms with Gasteiger partial charge in [-0.1, -0.05) is 25.2 Å². The molecule has 2 fully saturated rings. The van der Waals surface area contributed by atoms with Gasteiger partial charge in [0.15, 0.2) is 0 Å². The third-order valence-corrected chi connectivity index (χ3v) is 5.33. The van der Waals surface area contributed by atoms with Crippen LogP contribution in [0.15, 0.2) is 24.3 Å². The summed E-state index contributed by atoms with van der Waals surface area (Å²) in [6.07, 6.45) is 7.37. The first-order valence-corrected chi connectivity index (χ1v) is 6.60. The van der Waals surface area contributed by atoms with E-state index < -0.39 is 0 Å². The van der Waals surface area contributed by atoms with Gasteiger partial charge in [-0.15, -0.1) is 0 Å². The highest BCUT2D eigenvalue weighted by atomic mass is 16.6. The lowest BCUT2D eigenvalue weighted by Gasteiger charge is -2.41. The summed E-state index contributed by atoms with van der Waals surface area (Å²) in [6.45, 7) is 7.78. The summed E-state index contributed by atoms with van der Waals surface area (Å²) >= 11 is 0. The molecule has 0 heterocycles. The molecule has 0 aliphatic heterocycles. The Hall–Kier alpha value is -1.05. The number of ether oxygens (including phenoxy) is 1. The molecule has 17 heavy (non-hydrogen) atoms. The highest BCUT2D eigenvalue weighted by Crippen LogP contribution is 2.60. The van der Waals surface area contributed by atoms with Gasteiger partial charge in [0.05, 0.1) is 0 Å². The second kappa shape index (κ2) is 3.47. The summed E-state index contributed by atoms with van der Waals surface area (Å²) in [5.41, 5.74) is 1.28. The van der Waals surface area contributed by atoms with E-state index in [0.29, 0.717) is 11.8 Å². The average molecular weight is 232 g/mol. The number of rotatable bonds is 2. The Kier molecular flexibility index (Phi) is 2.26. The average Bonchev–Trinajstić information content (AvgIpc) is 2.59. The molecule has 0 radical (unpaired) electrons. The molecular weight excluding hydrogens is 212 g/mol. The number of allylic oxidation sites excluding steroid dienone is 1. The highest BCUT2D eigenvalue weighted by molar-refractivity contribution is 5.81. The van der Waals surface area contributed by atoms with Crippen LogP contribution in [0, 0.1) is 23.7 Å². The number of carbonyl (C=O) groups excluding carboxylic acids is 1. The van der Waals surface area contributed by atoms with Gasteiger partial charge in [0.25, 0.3) is 0 Å². The maximum atomic E-state index is 11.5. The summed E-state index contributed by atoms with van der Waals surface area (Å²) < 4.78 is 5.72. The zero-order chi connectivity index (χ0) is 12.2. The van der Waals surface area contributed by atoms with E-state index in [4.69, 9.17) is 4.74 Å². The maximum absolute atomic E-state index is 11.5. The van der Waals surface area contributed by atoms with Gasteiger partial charge in [-0.3, -0.25) is 0 Å². The predicted molar refractivity (Wildman–Crippen MR) is 66.3 cm³/mol. The van der Waals surface area contributed by atoms with E-state index in [1.54, 1.807) is 5.57 Å². The van der Waals surface area contributed by atoms with Crippen molar-refractivity contribution in [2.45, 2.75) is 38.7 Å². The molecule has 2 saturated carbocycles. The van der Waals surface area contributed by atoms with Crippen LogP contribution in [0.3, 0.4) is 0 Å². The minimum absolute atomic E-state index is 0.281. The van der Waals surface area contributed by atoms with Gasteiger partial charge in [-0.25, -0.2) is 4.79 Å². The lowest BCUT2D eigenvalue weighted by Crippen LogP contribution is -2.44. The monoisotopic (exact) mass is 232 g/mol. The molecule has 3 aliphatic rings. The first kappa shape index (κ1) is 11.1. The standard InChI is InChI=1S/C15H20O2/c1-4-14(16)17-15(3)9(2)5-10-6-11-7-12(15)8-13(10)11/h4-5,9,11-13H,1,6-8H2,2-3H3. The van der Waals surface area contributed by atoms with Gasteiger partial charge >= 0.3 is 5.97 Å². The number of carbonyl (C=O) groups is 1. The number of hydrogen-bond donors (Lipinski definition) is 0. The van der Waals surface area contributed by atoms with Crippen molar-refractivity contribution in [2.24, 2.45) is 23.7 Å². The molecule has 5 atom stereocenters. The lowest BCUT2D eigenvalue weighted by molar-refractivity contribution is -0.162. The number of fused-ring (bicyclic) bond motifs is 1. The minimum Gasteiger partial charge on any atom is -0.455 e. The van der Waals surface area contributed by atoms with Crippen LogP contribution < -0.4 is 0 Å². The van der Waals surface area contributed by atoms with Crippen LogP contribution in [-0.2, 0) is 9.53 Å². The molecule has 0 aromatic carbocycles. The summed E-state index contributed by atoms with van der Waals surface area (Å²) in [7, 11) is 0. The van der Waals surface area contributed by atoms with Gasteiger partial charge in [0.2, 0.25) is 0 Å². The highest BCUT2D eigenvalue weighted by Gasteiger charge is 2.55. The summed E-state index contributed by atoms with van der Waals surface area (Å²) in [5.74, 6) is 2.22. The van der Waals surface area contributed by atoms with Crippen molar-refractivity contribution in [1.82, 2.24) is 0 Å². The van der Waals surface area contributed by atoms with Crippen molar-refractivity contribution in [3.05, 3.63) is 24.3 Å². The van der Waals surface area contributed by atoms with Crippen molar-refractivity contribution in [3.63, 3.8) is 0 Å². The molecule has 0 spiro atoms. The van der Waals surface area contributed by atoms with Gasteiger partial charge in [0.1, 0.15) is 5.60 Å². The molecule has 2 nitrogen and oxygen atoms in total. The topological polar surface area (TPSA) is 26.3 Å². The third kappa shape index (κ3) is 1.42.